The zero-order valence-corrected chi connectivity index (χ0v) is 14.5. The lowest BCUT2D eigenvalue weighted by Crippen LogP contribution is -2.14. The van der Waals surface area contributed by atoms with E-state index in [-0.39, 0.29) is 11.6 Å². The van der Waals surface area contributed by atoms with Gasteiger partial charge in [-0.25, -0.2) is 9.97 Å². The van der Waals surface area contributed by atoms with Crippen LogP contribution in [-0.2, 0) is 0 Å². The van der Waals surface area contributed by atoms with Crippen LogP contribution in [0.2, 0.25) is 0 Å². The smallest absolute Gasteiger partial charge is 0.275 e. The van der Waals surface area contributed by atoms with E-state index in [1.54, 1.807) is 0 Å². The Kier molecular flexibility index (Phi) is 4.86. The summed E-state index contributed by atoms with van der Waals surface area (Å²) >= 11 is 3.50. The number of rotatable bonds is 4. The molecule has 1 amide bonds. The second-order valence-electron chi connectivity index (χ2n) is 5.22. The van der Waals surface area contributed by atoms with E-state index in [1.807, 2.05) is 55.5 Å². The van der Waals surface area contributed by atoms with E-state index in [2.05, 4.69) is 36.5 Å². The Hall–Kier alpha value is -2.73. The van der Waals surface area contributed by atoms with Gasteiger partial charge in [-0.05, 0) is 52.7 Å². The molecule has 0 saturated carbocycles. The van der Waals surface area contributed by atoms with Gasteiger partial charge in [0.25, 0.3) is 5.91 Å². The van der Waals surface area contributed by atoms with Crippen molar-refractivity contribution in [1.29, 1.82) is 0 Å². The molecule has 1 heterocycles. The lowest BCUT2D eigenvalue weighted by Gasteiger charge is -2.09. The molecule has 0 atom stereocenters. The molecule has 6 heteroatoms. The maximum absolute atomic E-state index is 12.1. The fraction of sp³-hybridized carbons (Fsp3) is 0.0556. The standard InChI is InChI=1S/C18H15BrN4O/c1-12-7-8-15(14(19)9-12)23-17-11-20-16(10-21-17)18(24)22-13-5-3-2-4-6-13/h2-11H,1H3,(H,21,23)(H,22,24). The first-order valence-electron chi connectivity index (χ1n) is 7.33. The predicted octanol–water partition coefficient (Wildman–Crippen LogP) is 4.54. The van der Waals surface area contributed by atoms with Gasteiger partial charge in [-0.1, -0.05) is 24.3 Å². The van der Waals surface area contributed by atoms with Crippen LogP contribution < -0.4 is 10.6 Å². The maximum Gasteiger partial charge on any atom is 0.275 e. The molecule has 0 aliphatic carbocycles. The van der Waals surface area contributed by atoms with Crippen molar-refractivity contribution in [2.75, 3.05) is 10.6 Å². The van der Waals surface area contributed by atoms with Gasteiger partial charge >= 0.3 is 0 Å². The van der Waals surface area contributed by atoms with Gasteiger partial charge in [0, 0.05) is 10.2 Å². The van der Waals surface area contributed by atoms with Gasteiger partial charge in [0.2, 0.25) is 0 Å². The van der Waals surface area contributed by atoms with Crippen LogP contribution in [-0.4, -0.2) is 15.9 Å². The number of nitrogens with one attached hydrogen (secondary N) is 2. The molecule has 2 aromatic carbocycles. The van der Waals surface area contributed by atoms with Crippen LogP contribution in [0.25, 0.3) is 0 Å². The number of amides is 1. The number of benzene rings is 2. The molecule has 0 unspecified atom stereocenters. The van der Waals surface area contributed by atoms with Crippen molar-refractivity contribution in [2.24, 2.45) is 0 Å². The number of hydrogen-bond donors (Lipinski definition) is 2. The van der Waals surface area contributed by atoms with Crippen LogP contribution >= 0.6 is 15.9 Å². The third-order valence-electron chi connectivity index (χ3n) is 3.30. The minimum absolute atomic E-state index is 0.257. The first-order valence-corrected chi connectivity index (χ1v) is 8.13. The van der Waals surface area contributed by atoms with Crippen LogP contribution in [0.1, 0.15) is 16.1 Å². The Morgan fingerprint density at radius 3 is 2.50 bits per heavy atom. The second kappa shape index (κ2) is 7.23. The third-order valence-corrected chi connectivity index (χ3v) is 3.96. The number of hydrogen-bond acceptors (Lipinski definition) is 4. The summed E-state index contributed by atoms with van der Waals surface area (Å²) in [6.45, 7) is 2.02. The Morgan fingerprint density at radius 2 is 1.83 bits per heavy atom. The van der Waals surface area contributed by atoms with E-state index in [9.17, 15) is 4.79 Å². The number of carbonyl (C=O) groups is 1. The number of para-hydroxylation sites is 1. The van der Waals surface area contributed by atoms with Gasteiger partial charge in [0.15, 0.2) is 0 Å². The van der Waals surface area contributed by atoms with E-state index < -0.39 is 0 Å². The van der Waals surface area contributed by atoms with Crippen molar-refractivity contribution < 1.29 is 4.79 Å². The summed E-state index contributed by atoms with van der Waals surface area (Å²) in [5, 5.41) is 5.94. The van der Waals surface area contributed by atoms with E-state index in [0.29, 0.717) is 5.82 Å². The lowest BCUT2D eigenvalue weighted by atomic mass is 10.2. The Balaban J connectivity index is 1.70. The highest BCUT2D eigenvalue weighted by atomic mass is 79.9. The summed E-state index contributed by atoms with van der Waals surface area (Å²) in [6, 6.07) is 15.2. The summed E-state index contributed by atoms with van der Waals surface area (Å²) in [5.74, 6) is 0.271. The van der Waals surface area contributed by atoms with Gasteiger partial charge in [0.1, 0.15) is 11.5 Å². The monoisotopic (exact) mass is 382 g/mol. The van der Waals surface area contributed by atoms with Gasteiger partial charge in [-0.2, -0.15) is 0 Å². The number of halogens is 1. The van der Waals surface area contributed by atoms with Crippen molar-refractivity contribution in [3.8, 4) is 0 Å². The topological polar surface area (TPSA) is 66.9 Å². The van der Waals surface area contributed by atoms with Crippen molar-refractivity contribution in [2.45, 2.75) is 6.92 Å². The second-order valence-corrected chi connectivity index (χ2v) is 6.07. The Labute approximate surface area is 148 Å². The molecule has 0 fully saturated rings. The summed E-state index contributed by atoms with van der Waals surface area (Å²) in [7, 11) is 0. The van der Waals surface area contributed by atoms with E-state index in [0.717, 1.165) is 21.4 Å². The molecule has 2 N–H and O–H groups in total. The van der Waals surface area contributed by atoms with Gasteiger partial charge in [0.05, 0.1) is 18.1 Å². The van der Waals surface area contributed by atoms with Crippen LogP contribution in [0.4, 0.5) is 17.2 Å². The molecule has 3 rings (SSSR count). The third kappa shape index (κ3) is 3.97. The van der Waals surface area contributed by atoms with E-state index in [1.165, 1.54) is 12.4 Å². The fourth-order valence-electron chi connectivity index (χ4n) is 2.09. The molecule has 24 heavy (non-hydrogen) atoms. The molecule has 0 spiro atoms. The van der Waals surface area contributed by atoms with Crippen LogP contribution in [0, 0.1) is 6.92 Å². The number of nitrogens with zero attached hydrogens (tertiary/aromatic N) is 2. The summed E-state index contributed by atoms with van der Waals surface area (Å²) in [6.07, 6.45) is 2.98. The molecule has 0 bridgehead atoms. The average molecular weight is 383 g/mol. The highest BCUT2D eigenvalue weighted by molar-refractivity contribution is 9.10. The molecule has 0 aliphatic rings. The van der Waals surface area contributed by atoms with Gasteiger partial charge in [-0.3, -0.25) is 4.79 Å². The molecule has 120 valence electrons. The van der Waals surface area contributed by atoms with E-state index in [4.69, 9.17) is 0 Å². The van der Waals surface area contributed by atoms with Crippen molar-refractivity contribution in [3.05, 3.63) is 76.7 Å². The molecule has 3 aromatic rings. The summed E-state index contributed by atoms with van der Waals surface area (Å²) in [4.78, 5) is 20.5. The highest BCUT2D eigenvalue weighted by Gasteiger charge is 2.09. The Morgan fingerprint density at radius 1 is 1.04 bits per heavy atom. The minimum Gasteiger partial charge on any atom is -0.338 e. The van der Waals surface area contributed by atoms with Crippen molar-refractivity contribution in [3.63, 3.8) is 0 Å². The maximum atomic E-state index is 12.1. The van der Waals surface area contributed by atoms with E-state index >= 15 is 0 Å². The Bertz CT molecular complexity index is 851. The number of aryl methyl sites for hydroxylation is 1. The first kappa shape index (κ1) is 16.1. The molecular formula is C18H15BrN4O. The van der Waals surface area contributed by atoms with Gasteiger partial charge in [-0.15, -0.1) is 0 Å². The quantitative estimate of drug-likeness (QED) is 0.694. The number of anilines is 3. The molecular weight excluding hydrogens is 368 g/mol. The van der Waals surface area contributed by atoms with Crippen molar-refractivity contribution >= 4 is 39.0 Å². The van der Waals surface area contributed by atoms with Crippen LogP contribution in [0.5, 0.6) is 0 Å². The van der Waals surface area contributed by atoms with Crippen LogP contribution in [0.15, 0.2) is 65.4 Å². The molecule has 0 saturated heterocycles. The fourth-order valence-corrected chi connectivity index (χ4v) is 2.68. The highest BCUT2D eigenvalue weighted by Crippen LogP contribution is 2.25. The summed E-state index contributed by atoms with van der Waals surface area (Å²) < 4.78 is 0.940. The predicted molar refractivity (Wildman–Crippen MR) is 98.6 cm³/mol. The normalized spacial score (nSPS) is 10.2. The summed E-state index contributed by atoms with van der Waals surface area (Å²) in [5.41, 5.74) is 3.02. The SMILES string of the molecule is Cc1ccc(Nc2cnc(C(=O)Nc3ccccc3)cn2)c(Br)c1. The number of carbonyl (C=O) groups excluding carboxylic acids is 1. The average Bonchev–Trinajstić information content (AvgIpc) is 2.59. The first-order chi connectivity index (χ1) is 11.6. The zero-order chi connectivity index (χ0) is 16.9. The number of aromatic nitrogens is 2. The molecule has 5 nitrogen and oxygen atoms in total. The van der Waals surface area contributed by atoms with Crippen LogP contribution in [0.3, 0.4) is 0 Å². The molecule has 0 radical (unpaired) electrons. The minimum atomic E-state index is -0.295. The largest absolute Gasteiger partial charge is 0.338 e. The zero-order valence-electron chi connectivity index (χ0n) is 13.0. The molecule has 0 aliphatic heterocycles. The molecule has 1 aromatic heterocycles. The lowest BCUT2D eigenvalue weighted by molar-refractivity contribution is 0.102. The van der Waals surface area contributed by atoms with Crippen molar-refractivity contribution in [1.82, 2.24) is 9.97 Å². The van der Waals surface area contributed by atoms with Gasteiger partial charge < -0.3 is 10.6 Å².